The maximum atomic E-state index is 14.0. The van der Waals surface area contributed by atoms with Crippen LogP contribution < -0.4 is 4.72 Å². The molecule has 0 unspecified atom stereocenters. The molecule has 0 saturated heterocycles. The van der Waals surface area contributed by atoms with Crippen molar-refractivity contribution in [2.45, 2.75) is 4.90 Å². The van der Waals surface area contributed by atoms with Crippen LogP contribution in [0.2, 0.25) is 10.2 Å². The van der Waals surface area contributed by atoms with Crippen LogP contribution in [-0.4, -0.2) is 23.9 Å². The lowest BCUT2D eigenvalue weighted by Gasteiger charge is -2.07. The Kier molecular flexibility index (Phi) is 5.42. The van der Waals surface area contributed by atoms with Crippen LogP contribution >= 0.6 is 23.2 Å². The Labute approximate surface area is 168 Å². The molecule has 1 N–H and O–H groups in total. The van der Waals surface area contributed by atoms with E-state index in [0.717, 1.165) is 16.7 Å². The molecule has 0 aliphatic carbocycles. The molecule has 0 radical (unpaired) electrons. The van der Waals surface area contributed by atoms with Gasteiger partial charge in [-0.1, -0.05) is 41.4 Å². The molecular formula is C17H11Cl2F2N3O3S. The predicted octanol–water partition coefficient (Wildman–Crippen LogP) is 3.79. The monoisotopic (exact) mass is 445 g/mol. The number of rotatable bonds is 4. The summed E-state index contributed by atoms with van der Waals surface area (Å²) in [7, 11) is -3.00. The number of halogens is 4. The fourth-order valence-electron chi connectivity index (χ4n) is 2.45. The zero-order chi connectivity index (χ0) is 20.6. The molecule has 0 atom stereocenters. The van der Waals surface area contributed by atoms with E-state index in [-0.39, 0.29) is 20.9 Å². The van der Waals surface area contributed by atoms with Gasteiger partial charge in [0.15, 0.2) is 5.69 Å². The first-order chi connectivity index (χ1) is 13.1. The first kappa shape index (κ1) is 20.2. The van der Waals surface area contributed by atoms with Crippen molar-refractivity contribution in [1.82, 2.24) is 14.3 Å². The number of imidazole rings is 1. The number of sulfonamides is 1. The summed E-state index contributed by atoms with van der Waals surface area (Å²) in [6.07, 6.45) is 0. The molecular weight excluding hydrogens is 435 g/mol. The van der Waals surface area contributed by atoms with E-state index in [1.807, 2.05) is 0 Å². The highest BCUT2D eigenvalue weighted by Gasteiger charge is 2.28. The van der Waals surface area contributed by atoms with Crippen molar-refractivity contribution in [3.63, 3.8) is 0 Å². The Morgan fingerprint density at radius 2 is 1.68 bits per heavy atom. The van der Waals surface area contributed by atoms with Gasteiger partial charge in [0.25, 0.3) is 15.9 Å². The van der Waals surface area contributed by atoms with Crippen LogP contribution in [-0.2, 0) is 17.1 Å². The molecule has 11 heteroatoms. The molecule has 0 fully saturated rings. The maximum absolute atomic E-state index is 14.0. The van der Waals surface area contributed by atoms with Crippen molar-refractivity contribution < 1.29 is 22.0 Å². The zero-order valence-electron chi connectivity index (χ0n) is 14.1. The van der Waals surface area contributed by atoms with Gasteiger partial charge in [-0.15, -0.1) is 0 Å². The van der Waals surface area contributed by atoms with Crippen LogP contribution in [0.15, 0.2) is 47.4 Å². The number of nitrogens with zero attached hydrogens (tertiary/aromatic N) is 2. The second-order valence-electron chi connectivity index (χ2n) is 5.60. The van der Waals surface area contributed by atoms with Crippen molar-refractivity contribution in [2.75, 3.05) is 0 Å². The van der Waals surface area contributed by atoms with Crippen LogP contribution in [0.5, 0.6) is 0 Å². The minimum atomic E-state index is -4.33. The van der Waals surface area contributed by atoms with Gasteiger partial charge in [-0.3, -0.25) is 4.79 Å². The smallest absolute Gasteiger partial charge is 0.286 e. The van der Waals surface area contributed by atoms with E-state index in [0.29, 0.717) is 0 Å². The molecule has 0 saturated carbocycles. The largest absolute Gasteiger partial charge is 0.317 e. The molecule has 0 bridgehead atoms. The SMILES string of the molecule is Cn1c(-c2c(F)cccc2F)nc(C(=O)NS(=O)(=O)c2ccccc2Cl)c1Cl. The molecule has 3 aromatic rings. The fraction of sp³-hybridized carbons (Fsp3) is 0.0588. The van der Waals surface area contributed by atoms with Gasteiger partial charge in [-0.05, 0) is 24.3 Å². The summed E-state index contributed by atoms with van der Waals surface area (Å²) >= 11 is 11.9. The second kappa shape index (κ2) is 7.50. The van der Waals surface area contributed by atoms with Gasteiger partial charge in [0, 0.05) is 7.05 Å². The highest BCUT2D eigenvalue weighted by molar-refractivity contribution is 7.90. The van der Waals surface area contributed by atoms with E-state index in [1.54, 1.807) is 4.72 Å². The Bertz CT molecular complexity index is 1180. The van der Waals surface area contributed by atoms with Crippen molar-refractivity contribution in [3.8, 4) is 11.4 Å². The lowest BCUT2D eigenvalue weighted by Crippen LogP contribution is -2.31. The van der Waals surface area contributed by atoms with Crippen LogP contribution in [0.25, 0.3) is 11.4 Å². The summed E-state index contributed by atoms with van der Waals surface area (Å²) < 4.78 is 55.8. The summed E-state index contributed by atoms with van der Waals surface area (Å²) in [6.45, 7) is 0. The number of hydrogen-bond acceptors (Lipinski definition) is 4. The third-order valence-corrected chi connectivity index (χ3v) is 6.04. The van der Waals surface area contributed by atoms with E-state index >= 15 is 0 Å². The zero-order valence-corrected chi connectivity index (χ0v) is 16.4. The van der Waals surface area contributed by atoms with E-state index in [4.69, 9.17) is 23.2 Å². The number of amides is 1. The average Bonchev–Trinajstić information content (AvgIpc) is 2.90. The number of aromatic nitrogens is 2. The van der Waals surface area contributed by atoms with Gasteiger partial charge in [0.05, 0.1) is 10.6 Å². The van der Waals surface area contributed by atoms with Gasteiger partial charge < -0.3 is 4.57 Å². The Morgan fingerprint density at radius 1 is 1.07 bits per heavy atom. The third kappa shape index (κ3) is 3.60. The highest BCUT2D eigenvalue weighted by Crippen LogP contribution is 2.29. The lowest BCUT2D eigenvalue weighted by atomic mass is 10.2. The van der Waals surface area contributed by atoms with Crippen LogP contribution in [0.4, 0.5) is 8.78 Å². The Morgan fingerprint density at radius 3 is 2.29 bits per heavy atom. The van der Waals surface area contributed by atoms with Gasteiger partial charge in [0.1, 0.15) is 27.5 Å². The summed E-state index contributed by atoms with van der Waals surface area (Å²) in [5.41, 5.74) is -1.02. The maximum Gasteiger partial charge on any atom is 0.286 e. The van der Waals surface area contributed by atoms with Crippen molar-refractivity contribution in [1.29, 1.82) is 0 Å². The van der Waals surface area contributed by atoms with Gasteiger partial charge in [-0.25, -0.2) is 26.9 Å². The first-order valence-electron chi connectivity index (χ1n) is 7.61. The lowest BCUT2D eigenvalue weighted by molar-refractivity contribution is 0.0977. The fourth-order valence-corrected chi connectivity index (χ4v) is 4.13. The third-order valence-electron chi connectivity index (χ3n) is 3.78. The predicted molar refractivity (Wildman–Crippen MR) is 99.7 cm³/mol. The minimum Gasteiger partial charge on any atom is -0.317 e. The molecule has 3 rings (SSSR count). The number of benzene rings is 2. The van der Waals surface area contributed by atoms with E-state index in [1.165, 1.54) is 37.4 Å². The van der Waals surface area contributed by atoms with E-state index < -0.39 is 38.8 Å². The molecule has 1 heterocycles. The summed E-state index contributed by atoms with van der Waals surface area (Å²) in [5.74, 6) is -3.29. The number of nitrogens with one attached hydrogen (secondary N) is 1. The summed E-state index contributed by atoms with van der Waals surface area (Å²) in [4.78, 5) is 16.0. The number of carbonyl (C=O) groups excluding carboxylic acids is 1. The summed E-state index contributed by atoms with van der Waals surface area (Å²) in [5, 5.41) is -0.395. The second-order valence-corrected chi connectivity index (χ2v) is 8.01. The number of hydrogen-bond donors (Lipinski definition) is 1. The average molecular weight is 446 g/mol. The van der Waals surface area contributed by atoms with E-state index in [2.05, 4.69) is 4.98 Å². The van der Waals surface area contributed by atoms with Crippen molar-refractivity contribution >= 4 is 39.1 Å². The quantitative estimate of drug-likeness (QED) is 0.662. The molecule has 0 aliphatic rings. The molecule has 0 aliphatic heterocycles. The van der Waals surface area contributed by atoms with Crippen LogP contribution in [0.3, 0.4) is 0 Å². The molecule has 0 spiro atoms. The Hall–Kier alpha value is -2.49. The number of carbonyl (C=O) groups is 1. The van der Waals surface area contributed by atoms with Crippen molar-refractivity contribution in [3.05, 3.63) is 70.0 Å². The normalized spacial score (nSPS) is 11.5. The first-order valence-corrected chi connectivity index (χ1v) is 9.85. The highest BCUT2D eigenvalue weighted by atomic mass is 35.5. The minimum absolute atomic E-state index is 0.0935. The molecule has 28 heavy (non-hydrogen) atoms. The van der Waals surface area contributed by atoms with E-state index in [9.17, 15) is 22.0 Å². The van der Waals surface area contributed by atoms with Crippen molar-refractivity contribution in [2.24, 2.45) is 7.05 Å². The van der Waals surface area contributed by atoms with Gasteiger partial charge >= 0.3 is 0 Å². The topological polar surface area (TPSA) is 81.1 Å². The molecule has 2 aromatic carbocycles. The van der Waals surface area contributed by atoms with Gasteiger partial charge in [0.2, 0.25) is 0 Å². The Balaban J connectivity index is 2.02. The molecule has 6 nitrogen and oxygen atoms in total. The van der Waals surface area contributed by atoms with Gasteiger partial charge in [-0.2, -0.15) is 0 Å². The molecule has 1 aromatic heterocycles. The van der Waals surface area contributed by atoms with Crippen LogP contribution in [0.1, 0.15) is 10.5 Å². The van der Waals surface area contributed by atoms with Crippen LogP contribution in [0, 0.1) is 11.6 Å². The molecule has 1 amide bonds. The summed E-state index contributed by atoms with van der Waals surface area (Å²) in [6, 6.07) is 8.70. The molecule has 146 valence electrons. The standard InChI is InChI=1S/C17H11Cl2F2N3O3S/c1-24-15(19)14(22-16(24)13-10(20)6-4-7-11(13)21)17(25)23-28(26,27)12-8-3-2-5-9(12)18/h2-8H,1H3,(H,23,25).